The van der Waals surface area contributed by atoms with E-state index in [0.717, 1.165) is 35.5 Å². The van der Waals surface area contributed by atoms with E-state index in [-0.39, 0.29) is 0 Å². The van der Waals surface area contributed by atoms with Crippen molar-refractivity contribution in [2.24, 2.45) is 35.5 Å². The van der Waals surface area contributed by atoms with Gasteiger partial charge in [-0.2, -0.15) is 0 Å². The van der Waals surface area contributed by atoms with E-state index in [2.05, 4.69) is 24.7 Å². The molecule has 2 heteroatoms. The lowest BCUT2D eigenvalue weighted by molar-refractivity contribution is -0.243. The summed E-state index contributed by atoms with van der Waals surface area (Å²) in [5, 5.41) is 7.73. The monoisotopic (exact) mass is 246 g/mol. The quantitative estimate of drug-likeness (QED) is 0.779. The van der Waals surface area contributed by atoms with E-state index < -0.39 is 0 Å². The molecule has 4 atom stereocenters. The summed E-state index contributed by atoms with van der Waals surface area (Å²) in [5.74, 6) is 6.02. The summed E-state index contributed by atoms with van der Waals surface area (Å²) in [6.45, 7) is 0. The second-order valence-corrected chi connectivity index (χ2v) is 8.09. The topological polar surface area (TPSA) is 24.1 Å². The molecule has 7 aliphatic carbocycles. The maximum absolute atomic E-state index is 3.87. The van der Waals surface area contributed by atoms with E-state index in [1.54, 1.807) is 0 Å². The highest BCUT2D eigenvalue weighted by Gasteiger charge is 2.74. The molecule has 0 radical (unpaired) electrons. The fourth-order valence-electron chi connectivity index (χ4n) is 7.95. The summed E-state index contributed by atoms with van der Waals surface area (Å²) in [6, 6.07) is 0. The van der Waals surface area contributed by atoms with Gasteiger partial charge in [-0.25, -0.2) is 0 Å². The lowest BCUT2D eigenvalue weighted by atomic mass is 9.31. The average Bonchev–Trinajstić information content (AvgIpc) is 2.43. The van der Waals surface area contributed by atoms with Crippen LogP contribution in [0, 0.1) is 35.5 Å². The molecule has 0 aromatic heterocycles. The van der Waals surface area contributed by atoms with E-state index in [1.165, 1.54) is 38.5 Å². The largest absolute Gasteiger partial charge is 0.314 e. The van der Waals surface area contributed by atoms with E-state index in [1.807, 2.05) is 0 Å². The zero-order valence-electron chi connectivity index (χ0n) is 11.7. The van der Waals surface area contributed by atoms with Crippen molar-refractivity contribution in [2.45, 2.75) is 49.6 Å². The third-order valence-electron chi connectivity index (χ3n) is 8.15. The molecule has 0 aromatic rings. The first-order valence-corrected chi connectivity index (χ1v) is 8.11. The van der Waals surface area contributed by atoms with Crippen LogP contribution in [0.2, 0.25) is 0 Å². The molecule has 0 amide bonds. The van der Waals surface area contributed by atoms with Crippen LogP contribution >= 0.6 is 0 Å². The first-order valence-electron chi connectivity index (χ1n) is 8.11. The Labute approximate surface area is 110 Å². The third-order valence-corrected chi connectivity index (χ3v) is 8.15. The van der Waals surface area contributed by atoms with Crippen molar-refractivity contribution in [3.8, 4) is 0 Å². The molecule has 2 nitrogen and oxygen atoms in total. The predicted octanol–water partition coefficient (Wildman–Crippen LogP) is 2.01. The van der Waals surface area contributed by atoms with Crippen LogP contribution in [0.15, 0.2) is 0 Å². The van der Waals surface area contributed by atoms with Crippen LogP contribution in [0.5, 0.6) is 0 Å². The Kier molecular flexibility index (Phi) is 1.77. The second-order valence-electron chi connectivity index (χ2n) is 8.09. The van der Waals surface area contributed by atoms with Crippen LogP contribution in [0.3, 0.4) is 0 Å². The zero-order valence-corrected chi connectivity index (χ0v) is 11.7. The Morgan fingerprint density at radius 1 is 0.667 bits per heavy atom. The van der Waals surface area contributed by atoms with Gasteiger partial charge in [0.1, 0.15) is 0 Å². The Morgan fingerprint density at radius 3 is 1.28 bits per heavy atom. The Morgan fingerprint density at radius 2 is 1.00 bits per heavy atom. The minimum Gasteiger partial charge on any atom is -0.314 e. The summed E-state index contributed by atoms with van der Waals surface area (Å²) >= 11 is 0. The molecule has 7 rings (SSSR count). The van der Waals surface area contributed by atoms with Crippen LogP contribution in [0.25, 0.3) is 0 Å². The minimum atomic E-state index is 0.549. The van der Waals surface area contributed by atoms with Crippen molar-refractivity contribution in [3.05, 3.63) is 0 Å². The summed E-state index contributed by atoms with van der Waals surface area (Å²) in [7, 11) is 4.52. The van der Waals surface area contributed by atoms with Crippen molar-refractivity contribution < 1.29 is 0 Å². The van der Waals surface area contributed by atoms with Gasteiger partial charge in [-0.3, -0.25) is 0 Å². The highest BCUT2D eigenvalue weighted by atomic mass is 15.1. The van der Waals surface area contributed by atoms with Gasteiger partial charge in [-0.1, -0.05) is 0 Å². The number of hydrogen-bond acceptors (Lipinski definition) is 2. The van der Waals surface area contributed by atoms with Crippen molar-refractivity contribution in [1.29, 1.82) is 0 Å². The highest BCUT2D eigenvalue weighted by molar-refractivity contribution is 5.28. The molecular weight excluding hydrogens is 220 g/mol. The molecule has 0 heterocycles. The Hall–Kier alpha value is -0.0800. The molecular formula is C16H26N2. The van der Waals surface area contributed by atoms with E-state index in [4.69, 9.17) is 0 Å². The van der Waals surface area contributed by atoms with Gasteiger partial charge in [0.15, 0.2) is 0 Å². The zero-order chi connectivity index (χ0) is 12.1. The van der Waals surface area contributed by atoms with Crippen molar-refractivity contribution in [1.82, 2.24) is 10.6 Å². The molecule has 0 saturated heterocycles. The molecule has 0 spiro atoms. The van der Waals surface area contributed by atoms with Crippen molar-refractivity contribution >= 4 is 0 Å². The maximum atomic E-state index is 3.87. The number of nitrogens with one attached hydrogen (secondary N) is 2. The van der Waals surface area contributed by atoms with Crippen molar-refractivity contribution in [3.63, 3.8) is 0 Å². The maximum Gasteiger partial charge on any atom is 0.0244 e. The number of rotatable bonds is 2. The third kappa shape index (κ3) is 0.867. The molecule has 2 N–H and O–H groups in total. The van der Waals surface area contributed by atoms with Crippen LogP contribution in [-0.4, -0.2) is 25.2 Å². The van der Waals surface area contributed by atoms with Gasteiger partial charge in [0, 0.05) is 11.1 Å². The predicted molar refractivity (Wildman–Crippen MR) is 72.2 cm³/mol. The minimum absolute atomic E-state index is 0.549. The van der Waals surface area contributed by atoms with E-state index >= 15 is 0 Å². The lowest BCUT2D eigenvalue weighted by Gasteiger charge is -2.78. The fraction of sp³-hybridized carbons (Fsp3) is 1.00. The average molecular weight is 246 g/mol. The van der Waals surface area contributed by atoms with Gasteiger partial charge in [-0.15, -0.1) is 0 Å². The highest BCUT2D eigenvalue weighted by Crippen LogP contribution is 2.73. The first-order chi connectivity index (χ1) is 8.73. The van der Waals surface area contributed by atoms with Crippen molar-refractivity contribution in [2.75, 3.05) is 14.1 Å². The van der Waals surface area contributed by atoms with Crippen LogP contribution in [0.1, 0.15) is 38.5 Å². The summed E-state index contributed by atoms with van der Waals surface area (Å²) in [4.78, 5) is 0. The van der Waals surface area contributed by atoms with Gasteiger partial charge < -0.3 is 10.6 Å². The molecule has 0 aliphatic heterocycles. The molecule has 7 fully saturated rings. The van der Waals surface area contributed by atoms with E-state index in [9.17, 15) is 0 Å². The normalized spacial score (nSPS) is 67.0. The standard InChI is InChI=1S/C16H26N2/c1-17-15-7-9-5-13-11(15)3-10-4-12(15)14(6-9)16(13,8-10)18-2/h9-14,17-18H,3-8H2,1-2H3. The molecule has 18 heavy (non-hydrogen) atoms. The van der Waals surface area contributed by atoms with E-state index in [0.29, 0.717) is 11.1 Å². The Bertz CT molecular complexity index is 342. The lowest BCUT2D eigenvalue weighted by Crippen LogP contribution is -2.83. The summed E-state index contributed by atoms with van der Waals surface area (Å²) in [6.07, 6.45) is 9.13. The van der Waals surface area contributed by atoms with Gasteiger partial charge in [0.2, 0.25) is 0 Å². The van der Waals surface area contributed by atoms with Gasteiger partial charge in [-0.05, 0) is 88.1 Å². The van der Waals surface area contributed by atoms with Crippen LogP contribution in [-0.2, 0) is 0 Å². The summed E-state index contributed by atoms with van der Waals surface area (Å²) in [5.41, 5.74) is 1.10. The van der Waals surface area contributed by atoms with Crippen LogP contribution < -0.4 is 10.6 Å². The molecule has 100 valence electrons. The molecule has 7 saturated carbocycles. The molecule has 7 aliphatic rings. The van der Waals surface area contributed by atoms with Gasteiger partial charge in [0.25, 0.3) is 0 Å². The molecule has 8 bridgehead atoms. The van der Waals surface area contributed by atoms with Gasteiger partial charge in [0.05, 0.1) is 0 Å². The molecule has 4 unspecified atom stereocenters. The molecule has 0 aromatic carbocycles. The summed E-state index contributed by atoms with van der Waals surface area (Å²) < 4.78 is 0. The number of hydrogen-bond donors (Lipinski definition) is 2. The second kappa shape index (κ2) is 2.98. The first kappa shape index (κ1) is 10.7. The Balaban J connectivity index is 1.72. The van der Waals surface area contributed by atoms with Gasteiger partial charge >= 0.3 is 0 Å². The fourth-order valence-corrected chi connectivity index (χ4v) is 7.95. The SMILES string of the molecule is CNC12CC3CC4C1CC1CC2C(C3)C4(NC)C1. The smallest absolute Gasteiger partial charge is 0.0244 e. The van der Waals surface area contributed by atoms with Crippen LogP contribution in [0.4, 0.5) is 0 Å².